The van der Waals surface area contributed by atoms with Crippen molar-refractivity contribution in [3.63, 3.8) is 0 Å². The number of anilines is 1. The second-order valence-corrected chi connectivity index (χ2v) is 4.91. The van der Waals surface area contributed by atoms with Gasteiger partial charge in [-0.3, -0.25) is 0 Å². The Kier molecular flexibility index (Phi) is 3.84. The van der Waals surface area contributed by atoms with Gasteiger partial charge in [0, 0.05) is 18.8 Å². The van der Waals surface area contributed by atoms with Crippen molar-refractivity contribution in [1.29, 1.82) is 0 Å². The molecule has 1 unspecified atom stereocenters. The Morgan fingerprint density at radius 2 is 2.35 bits per heavy atom. The standard InChI is InChI=1S/C13H21N3O/c1-10(2)17-13-12(5-4-7-14-13)15-11-6-8-16(3)9-11/h4-5,7,10-11,15H,6,8-9H2,1-3H3. The lowest BCUT2D eigenvalue weighted by Gasteiger charge is -2.18. The van der Waals surface area contributed by atoms with Crippen LogP contribution < -0.4 is 10.1 Å². The molecule has 4 nitrogen and oxygen atoms in total. The predicted octanol–water partition coefficient (Wildman–Crippen LogP) is 1.98. The van der Waals surface area contributed by atoms with Gasteiger partial charge in [0.25, 0.3) is 0 Å². The Labute approximate surface area is 103 Å². The Morgan fingerprint density at radius 1 is 1.53 bits per heavy atom. The largest absolute Gasteiger partial charge is 0.473 e. The molecule has 1 aliphatic rings. The molecule has 0 bridgehead atoms. The minimum Gasteiger partial charge on any atom is -0.473 e. The Balaban J connectivity index is 2.04. The van der Waals surface area contributed by atoms with Gasteiger partial charge in [0.15, 0.2) is 0 Å². The van der Waals surface area contributed by atoms with Crippen LogP contribution in [0.5, 0.6) is 5.88 Å². The Bertz CT molecular complexity index is 367. The quantitative estimate of drug-likeness (QED) is 0.866. The summed E-state index contributed by atoms with van der Waals surface area (Å²) < 4.78 is 5.70. The summed E-state index contributed by atoms with van der Waals surface area (Å²) in [5.74, 6) is 0.706. The van der Waals surface area contributed by atoms with Crippen LogP contribution >= 0.6 is 0 Å². The fraction of sp³-hybridized carbons (Fsp3) is 0.615. The second-order valence-electron chi connectivity index (χ2n) is 4.91. The molecule has 94 valence electrons. The zero-order valence-corrected chi connectivity index (χ0v) is 10.8. The molecule has 0 amide bonds. The van der Waals surface area contributed by atoms with Gasteiger partial charge in [0.1, 0.15) is 0 Å². The summed E-state index contributed by atoms with van der Waals surface area (Å²) in [5, 5.41) is 3.52. The number of nitrogens with zero attached hydrogens (tertiary/aromatic N) is 2. The number of aromatic nitrogens is 1. The van der Waals surface area contributed by atoms with Crippen LogP contribution in [0.4, 0.5) is 5.69 Å². The van der Waals surface area contributed by atoms with Gasteiger partial charge in [0.2, 0.25) is 5.88 Å². The number of hydrogen-bond donors (Lipinski definition) is 1. The fourth-order valence-electron chi connectivity index (χ4n) is 2.09. The average molecular weight is 235 g/mol. The molecule has 0 spiro atoms. The summed E-state index contributed by atoms with van der Waals surface area (Å²) >= 11 is 0. The van der Waals surface area contributed by atoms with Crippen LogP contribution in [0.25, 0.3) is 0 Å². The second kappa shape index (κ2) is 5.36. The highest BCUT2D eigenvalue weighted by atomic mass is 16.5. The van der Waals surface area contributed by atoms with Gasteiger partial charge in [-0.1, -0.05) is 0 Å². The molecule has 2 rings (SSSR count). The van der Waals surface area contributed by atoms with E-state index in [9.17, 15) is 0 Å². The van der Waals surface area contributed by atoms with Crippen molar-refractivity contribution in [2.75, 3.05) is 25.5 Å². The molecule has 0 aromatic carbocycles. The average Bonchev–Trinajstić information content (AvgIpc) is 2.66. The number of nitrogens with one attached hydrogen (secondary N) is 1. The third kappa shape index (κ3) is 3.33. The van der Waals surface area contributed by atoms with Crippen LogP contribution in [0.2, 0.25) is 0 Å². The van der Waals surface area contributed by atoms with Gasteiger partial charge in [0.05, 0.1) is 11.8 Å². The lowest BCUT2D eigenvalue weighted by atomic mass is 10.2. The van der Waals surface area contributed by atoms with Gasteiger partial charge in [-0.15, -0.1) is 0 Å². The monoisotopic (exact) mass is 235 g/mol. The van der Waals surface area contributed by atoms with E-state index in [0.717, 1.165) is 18.8 Å². The first kappa shape index (κ1) is 12.2. The van der Waals surface area contributed by atoms with Crippen LogP contribution in [-0.4, -0.2) is 42.2 Å². The zero-order valence-electron chi connectivity index (χ0n) is 10.8. The highest BCUT2D eigenvalue weighted by Crippen LogP contribution is 2.24. The normalized spacial score (nSPS) is 20.8. The lowest BCUT2D eigenvalue weighted by Crippen LogP contribution is -2.24. The van der Waals surface area contributed by atoms with Crippen molar-refractivity contribution < 1.29 is 4.74 Å². The van der Waals surface area contributed by atoms with E-state index < -0.39 is 0 Å². The molecule has 1 aromatic rings. The Hall–Kier alpha value is -1.29. The highest BCUT2D eigenvalue weighted by molar-refractivity contribution is 5.53. The van der Waals surface area contributed by atoms with Crippen molar-refractivity contribution in [3.8, 4) is 5.88 Å². The van der Waals surface area contributed by atoms with Crippen LogP contribution in [0.1, 0.15) is 20.3 Å². The highest BCUT2D eigenvalue weighted by Gasteiger charge is 2.20. The van der Waals surface area contributed by atoms with Gasteiger partial charge in [-0.2, -0.15) is 0 Å². The predicted molar refractivity (Wildman–Crippen MR) is 69.5 cm³/mol. The molecule has 1 saturated heterocycles. The maximum absolute atomic E-state index is 5.70. The summed E-state index contributed by atoms with van der Waals surface area (Å²) in [6.45, 7) is 6.26. The van der Waals surface area contributed by atoms with Crippen LogP contribution in [-0.2, 0) is 0 Å². The lowest BCUT2D eigenvalue weighted by molar-refractivity contribution is 0.234. The molecule has 1 atom stereocenters. The van der Waals surface area contributed by atoms with Crippen LogP contribution in [0.15, 0.2) is 18.3 Å². The van der Waals surface area contributed by atoms with E-state index in [4.69, 9.17) is 4.74 Å². The van der Waals surface area contributed by atoms with E-state index in [1.54, 1.807) is 6.20 Å². The van der Waals surface area contributed by atoms with Gasteiger partial charge in [-0.25, -0.2) is 4.98 Å². The van der Waals surface area contributed by atoms with E-state index in [2.05, 4.69) is 22.2 Å². The third-order valence-corrected chi connectivity index (χ3v) is 2.87. The summed E-state index contributed by atoms with van der Waals surface area (Å²) in [5.41, 5.74) is 1.00. The van der Waals surface area contributed by atoms with Crippen molar-refractivity contribution in [2.45, 2.75) is 32.4 Å². The molecular formula is C13H21N3O. The molecule has 1 N–H and O–H groups in total. The molecule has 2 heterocycles. The Morgan fingerprint density at radius 3 is 3.00 bits per heavy atom. The summed E-state index contributed by atoms with van der Waals surface area (Å²) in [4.78, 5) is 6.61. The molecular weight excluding hydrogens is 214 g/mol. The van der Waals surface area contributed by atoms with E-state index in [1.165, 1.54) is 6.42 Å². The van der Waals surface area contributed by atoms with Crippen molar-refractivity contribution >= 4 is 5.69 Å². The molecule has 4 heteroatoms. The minimum absolute atomic E-state index is 0.150. The molecule has 0 saturated carbocycles. The molecule has 0 aliphatic carbocycles. The van der Waals surface area contributed by atoms with Gasteiger partial charge >= 0.3 is 0 Å². The van der Waals surface area contributed by atoms with Gasteiger partial charge in [-0.05, 0) is 46.0 Å². The van der Waals surface area contributed by atoms with E-state index in [-0.39, 0.29) is 6.10 Å². The number of hydrogen-bond acceptors (Lipinski definition) is 4. The maximum atomic E-state index is 5.70. The number of likely N-dealkylation sites (tertiary alicyclic amines) is 1. The molecule has 0 radical (unpaired) electrons. The molecule has 1 aliphatic heterocycles. The van der Waals surface area contributed by atoms with E-state index in [1.807, 2.05) is 26.0 Å². The zero-order chi connectivity index (χ0) is 12.3. The first-order chi connectivity index (χ1) is 8.15. The van der Waals surface area contributed by atoms with Crippen LogP contribution in [0.3, 0.4) is 0 Å². The van der Waals surface area contributed by atoms with Crippen molar-refractivity contribution in [3.05, 3.63) is 18.3 Å². The number of ether oxygens (including phenoxy) is 1. The maximum Gasteiger partial charge on any atom is 0.237 e. The number of likely N-dealkylation sites (N-methyl/N-ethyl adjacent to an activating group) is 1. The third-order valence-electron chi connectivity index (χ3n) is 2.87. The topological polar surface area (TPSA) is 37.4 Å². The van der Waals surface area contributed by atoms with Crippen molar-refractivity contribution in [2.24, 2.45) is 0 Å². The first-order valence-electron chi connectivity index (χ1n) is 6.22. The first-order valence-corrected chi connectivity index (χ1v) is 6.22. The van der Waals surface area contributed by atoms with Gasteiger partial charge < -0.3 is 15.0 Å². The summed E-state index contributed by atoms with van der Waals surface area (Å²) in [7, 11) is 2.15. The molecule has 1 aromatic heterocycles. The molecule has 1 fully saturated rings. The minimum atomic E-state index is 0.150. The number of pyridine rings is 1. The fourth-order valence-corrected chi connectivity index (χ4v) is 2.09. The summed E-state index contributed by atoms with van der Waals surface area (Å²) in [6, 6.07) is 4.47. The van der Waals surface area contributed by atoms with Crippen LogP contribution in [0, 0.1) is 0 Å². The smallest absolute Gasteiger partial charge is 0.237 e. The number of rotatable bonds is 4. The van der Waals surface area contributed by atoms with Crippen molar-refractivity contribution in [1.82, 2.24) is 9.88 Å². The summed E-state index contributed by atoms with van der Waals surface area (Å²) in [6.07, 6.45) is 3.09. The molecule has 17 heavy (non-hydrogen) atoms. The van der Waals surface area contributed by atoms with E-state index in [0.29, 0.717) is 11.9 Å². The SMILES string of the molecule is CC(C)Oc1ncccc1NC1CCN(C)C1. The van der Waals surface area contributed by atoms with E-state index >= 15 is 0 Å².